The largest absolute Gasteiger partial charge is 0.497 e. The first-order valence-corrected chi connectivity index (χ1v) is 12.3. The van der Waals surface area contributed by atoms with Crippen molar-refractivity contribution in [2.45, 2.75) is 38.7 Å². The monoisotopic (exact) mass is 449 g/mol. The van der Waals surface area contributed by atoms with Crippen molar-refractivity contribution in [3.63, 3.8) is 0 Å². The number of quaternary nitrogens is 1. The molecule has 31 heavy (non-hydrogen) atoms. The average Bonchev–Trinajstić information content (AvgIpc) is 2.71. The van der Waals surface area contributed by atoms with Crippen LogP contribution in [0.2, 0.25) is 0 Å². The maximum absolute atomic E-state index is 13.4. The molecule has 0 radical (unpaired) electrons. The molecule has 0 unspecified atom stereocenters. The molecule has 0 spiro atoms. The highest BCUT2D eigenvalue weighted by Crippen LogP contribution is 2.26. The quantitative estimate of drug-likeness (QED) is 0.522. The fourth-order valence-electron chi connectivity index (χ4n) is 3.80. The van der Waals surface area contributed by atoms with Gasteiger partial charge in [0.05, 0.1) is 37.3 Å². The number of hydrogen-bond acceptors (Lipinski definition) is 4. The van der Waals surface area contributed by atoms with Crippen LogP contribution in [-0.4, -0.2) is 52.9 Å². The highest BCUT2D eigenvalue weighted by Gasteiger charge is 2.29. The van der Waals surface area contributed by atoms with Crippen LogP contribution in [0.15, 0.2) is 59.5 Å². The van der Waals surface area contributed by atoms with Gasteiger partial charge < -0.3 is 14.7 Å². The van der Waals surface area contributed by atoms with Crippen molar-refractivity contribution in [3.05, 3.63) is 54.6 Å². The van der Waals surface area contributed by atoms with Crippen LogP contribution in [0.3, 0.4) is 0 Å². The van der Waals surface area contributed by atoms with Crippen LogP contribution < -0.4 is 13.9 Å². The summed E-state index contributed by atoms with van der Waals surface area (Å²) in [6.45, 7) is 11.0. The van der Waals surface area contributed by atoms with Gasteiger partial charge in [-0.25, -0.2) is 8.42 Å². The number of aliphatic hydroxyl groups is 1. The van der Waals surface area contributed by atoms with E-state index in [1.165, 1.54) is 9.21 Å². The lowest BCUT2D eigenvalue weighted by molar-refractivity contribution is -0.909. The second-order valence-corrected chi connectivity index (χ2v) is 10.7. The molecular formula is C24H37N2O4S+. The van der Waals surface area contributed by atoms with Crippen molar-refractivity contribution in [3.8, 4) is 5.75 Å². The molecular weight excluding hydrogens is 412 g/mol. The first kappa shape index (κ1) is 25.2. The zero-order valence-corrected chi connectivity index (χ0v) is 20.1. The number of methoxy groups -OCH3 is 1. The molecule has 0 aliphatic carbocycles. The van der Waals surface area contributed by atoms with Crippen molar-refractivity contribution < 1.29 is 23.2 Å². The maximum Gasteiger partial charge on any atom is 0.264 e. The molecule has 0 bridgehead atoms. The Morgan fingerprint density at radius 1 is 0.903 bits per heavy atom. The molecule has 0 saturated heterocycles. The van der Waals surface area contributed by atoms with Crippen molar-refractivity contribution in [1.29, 1.82) is 0 Å². The van der Waals surface area contributed by atoms with E-state index in [4.69, 9.17) is 4.74 Å². The molecule has 0 aromatic heterocycles. The summed E-state index contributed by atoms with van der Waals surface area (Å²) in [5.74, 6) is 1.63. The third-order valence-corrected chi connectivity index (χ3v) is 6.79. The number of benzene rings is 2. The minimum atomic E-state index is -3.83. The molecule has 0 heterocycles. The van der Waals surface area contributed by atoms with Crippen LogP contribution in [0.1, 0.15) is 27.7 Å². The molecule has 172 valence electrons. The van der Waals surface area contributed by atoms with E-state index in [2.05, 4.69) is 27.7 Å². The maximum atomic E-state index is 13.4. The van der Waals surface area contributed by atoms with Gasteiger partial charge in [0, 0.05) is 11.8 Å². The molecule has 1 atom stereocenters. The Labute approximate surface area is 187 Å². The fraction of sp³-hybridized carbons (Fsp3) is 0.500. The minimum absolute atomic E-state index is 0.0107. The van der Waals surface area contributed by atoms with Crippen molar-refractivity contribution in [2.75, 3.05) is 37.6 Å². The Balaban J connectivity index is 2.31. The summed E-state index contributed by atoms with van der Waals surface area (Å²) in [4.78, 5) is 1.48. The molecule has 0 saturated carbocycles. The number of sulfonamides is 1. The Kier molecular flexibility index (Phi) is 9.34. The molecule has 0 aliphatic heterocycles. The van der Waals surface area contributed by atoms with Crippen LogP contribution in [0, 0.1) is 11.8 Å². The van der Waals surface area contributed by atoms with Gasteiger partial charge in [0.15, 0.2) is 0 Å². The van der Waals surface area contributed by atoms with Gasteiger partial charge in [-0.1, -0.05) is 45.9 Å². The van der Waals surface area contributed by atoms with Gasteiger partial charge in [0.25, 0.3) is 10.0 Å². The Bertz CT molecular complexity index is 874. The van der Waals surface area contributed by atoms with E-state index in [9.17, 15) is 13.5 Å². The molecule has 2 aromatic carbocycles. The van der Waals surface area contributed by atoms with Crippen molar-refractivity contribution >= 4 is 15.7 Å². The van der Waals surface area contributed by atoms with E-state index in [1.54, 1.807) is 61.7 Å². The molecule has 2 aromatic rings. The molecule has 0 amide bonds. The molecule has 6 nitrogen and oxygen atoms in total. The second-order valence-electron chi connectivity index (χ2n) is 8.85. The summed E-state index contributed by atoms with van der Waals surface area (Å²) < 4.78 is 33.4. The number of hydrogen-bond donors (Lipinski definition) is 2. The Morgan fingerprint density at radius 3 is 1.94 bits per heavy atom. The lowest BCUT2D eigenvalue weighted by atomic mass is 10.1. The average molecular weight is 450 g/mol. The SMILES string of the molecule is COc1ccc(N(C[C@@H](O)C[NH+](CC(C)C)CC(C)C)S(=O)(=O)c2ccccc2)cc1. The number of ether oxygens (including phenoxy) is 1. The molecule has 7 heteroatoms. The predicted octanol–water partition coefficient (Wildman–Crippen LogP) is 2.45. The smallest absolute Gasteiger partial charge is 0.264 e. The van der Waals surface area contributed by atoms with Gasteiger partial charge in [-0.2, -0.15) is 0 Å². The van der Waals surface area contributed by atoms with Crippen LogP contribution in [0.4, 0.5) is 5.69 Å². The van der Waals surface area contributed by atoms with Gasteiger partial charge in [-0.3, -0.25) is 4.31 Å². The van der Waals surface area contributed by atoms with E-state index >= 15 is 0 Å². The van der Waals surface area contributed by atoms with Crippen LogP contribution in [-0.2, 0) is 10.0 Å². The number of aliphatic hydroxyl groups excluding tert-OH is 1. The molecule has 0 aliphatic rings. The second kappa shape index (κ2) is 11.5. The summed E-state index contributed by atoms with van der Waals surface area (Å²) in [5, 5.41) is 10.9. The zero-order chi connectivity index (χ0) is 23.0. The van der Waals surface area contributed by atoms with Gasteiger partial charge in [0.2, 0.25) is 0 Å². The first-order chi connectivity index (χ1) is 14.6. The van der Waals surface area contributed by atoms with Crippen molar-refractivity contribution in [1.82, 2.24) is 0 Å². The van der Waals surface area contributed by atoms with Crippen molar-refractivity contribution in [2.24, 2.45) is 11.8 Å². The third kappa shape index (κ3) is 7.52. The van der Waals surface area contributed by atoms with Gasteiger partial charge in [0.1, 0.15) is 18.4 Å². The Hall–Kier alpha value is -2.09. The van der Waals surface area contributed by atoms with Gasteiger partial charge in [-0.05, 0) is 36.4 Å². The Morgan fingerprint density at radius 2 is 1.45 bits per heavy atom. The summed E-state index contributed by atoms with van der Waals surface area (Å²) in [6.07, 6.45) is -0.798. The van der Waals surface area contributed by atoms with Gasteiger partial charge >= 0.3 is 0 Å². The minimum Gasteiger partial charge on any atom is -0.497 e. The predicted molar refractivity (Wildman–Crippen MR) is 125 cm³/mol. The fourth-order valence-corrected chi connectivity index (χ4v) is 5.33. The van der Waals surface area contributed by atoms with Gasteiger partial charge in [-0.15, -0.1) is 0 Å². The molecule has 0 fully saturated rings. The first-order valence-electron chi connectivity index (χ1n) is 10.9. The third-order valence-electron chi connectivity index (χ3n) is 4.99. The van der Waals surface area contributed by atoms with E-state index in [1.807, 2.05) is 0 Å². The number of anilines is 1. The lowest BCUT2D eigenvalue weighted by Gasteiger charge is -2.30. The zero-order valence-electron chi connectivity index (χ0n) is 19.3. The van der Waals surface area contributed by atoms with Crippen LogP contribution in [0.25, 0.3) is 0 Å². The summed E-state index contributed by atoms with van der Waals surface area (Å²) in [7, 11) is -2.26. The highest BCUT2D eigenvalue weighted by atomic mass is 32.2. The summed E-state index contributed by atoms with van der Waals surface area (Å²) in [5.41, 5.74) is 0.498. The summed E-state index contributed by atoms with van der Waals surface area (Å²) >= 11 is 0. The highest BCUT2D eigenvalue weighted by molar-refractivity contribution is 7.92. The number of nitrogens with one attached hydrogen (secondary N) is 1. The normalized spacial score (nSPS) is 13.1. The van der Waals surface area contributed by atoms with Crippen LogP contribution >= 0.6 is 0 Å². The number of nitrogens with zero attached hydrogens (tertiary/aromatic N) is 1. The molecule has 2 N–H and O–H groups in total. The molecule has 2 rings (SSSR count). The lowest BCUT2D eigenvalue weighted by Crippen LogP contribution is -3.14. The standard InChI is InChI=1S/C24H36N2O4S/c1-19(2)15-25(16-20(3)4)17-22(27)18-26(21-11-13-23(30-5)14-12-21)31(28,29)24-9-7-6-8-10-24/h6-14,19-20,22,27H,15-18H2,1-5H3/p+1/t22-/m0/s1. The van der Waals surface area contributed by atoms with E-state index < -0.39 is 16.1 Å². The van der Waals surface area contributed by atoms with E-state index in [0.717, 1.165) is 13.1 Å². The topological polar surface area (TPSA) is 71.3 Å². The van der Waals surface area contributed by atoms with Crippen LogP contribution in [0.5, 0.6) is 5.75 Å². The number of rotatable bonds is 12. The van der Waals surface area contributed by atoms with E-state index in [0.29, 0.717) is 29.8 Å². The summed E-state index contributed by atoms with van der Waals surface area (Å²) in [6, 6.07) is 15.2. The van der Waals surface area contributed by atoms with E-state index in [-0.39, 0.29) is 11.4 Å².